The van der Waals surface area contributed by atoms with E-state index in [4.69, 9.17) is 0 Å². The summed E-state index contributed by atoms with van der Waals surface area (Å²) in [6.07, 6.45) is 5.34. The first-order valence-corrected chi connectivity index (χ1v) is 4.30. The highest BCUT2D eigenvalue weighted by atomic mass is 14.9. The third-order valence-corrected chi connectivity index (χ3v) is 1.96. The first kappa shape index (κ1) is 8.05. The molecule has 0 spiro atoms. The van der Waals surface area contributed by atoms with Crippen LogP contribution in [-0.2, 0) is 6.42 Å². The minimum absolute atomic E-state index is 0.852. The Bertz CT molecular complexity index is 377. The molecule has 0 aliphatic carbocycles. The van der Waals surface area contributed by atoms with Crippen molar-refractivity contribution in [2.24, 2.45) is 0 Å². The third-order valence-electron chi connectivity index (χ3n) is 1.96. The smallest absolute Gasteiger partial charge is 0.111 e. The largest absolute Gasteiger partial charge is 0.348 e. The van der Waals surface area contributed by atoms with Crippen molar-refractivity contribution < 1.29 is 0 Å². The summed E-state index contributed by atoms with van der Waals surface area (Å²) in [5, 5.41) is 0. The van der Waals surface area contributed by atoms with Gasteiger partial charge in [-0.3, -0.25) is 0 Å². The molecule has 65 valence electrons. The molecule has 0 amide bonds. The predicted octanol–water partition coefficient (Wildman–Crippen LogP) is 2.11. The number of aryl methyl sites for hydroxylation is 1. The molecule has 2 nitrogen and oxygen atoms in total. The van der Waals surface area contributed by atoms with E-state index in [-0.39, 0.29) is 0 Å². The molecule has 0 saturated carbocycles. The second kappa shape index (κ2) is 3.44. The highest BCUT2D eigenvalue weighted by Gasteiger charge is 1.97. The van der Waals surface area contributed by atoms with E-state index >= 15 is 0 Å². The summed E-state index contributed by atoms with van der Waals surface area (Å²) in [6.45, 7) is 2.10. The van der Waals surface area contributed by atoms with E-state index in [0.29, 0.717) is 0 Å². The molecule has 0 unspecified atom stereocenters. The maximum Gasteiger partial charge on any atom is 0.111 e. The summed E-state index contributed by atoms with van der Waals surface area (Å²) in [5.74, 6) is 0.964. The molecule has 0 fully saturated rings. The monoisotopic (exact) mass is 171 g/mol. The third kappa shape index (κ3) is 1.96. The lowest BCUT2D eigenvalue weighted by Crippen LogP contribution is -1.90. The molecule has 1 N–H and O–H groups in total. The molecule has 0 bridgehead atoms. The van der Waals surface area contributed by atoms with Crippen LogP contribution < -0.4 is 0 Å². The number of hydrogen-bond donors (Lipinski definition) is 1. The predicted molar refractivity (Wildman–Crippen MR) is 51.4 cm³/mol. The minimum atomic E-state index is 0.852. The molecule has 0 atom stereocenters. The van der Waals surface area contributed by atoms with Gasteiger partial charge in [0.2, 0.25) is 0 Å². The normalized spacial score (nSPS) is 10.2. The Labute approximate surface area is 77.6 Å². The van der Waals surface area contributed by atoms with Gasteiger partial charge in [-0.2, -0.15) is 0 Å². The number of benzene rings is 1. The summed E-state index contributed by atoms with van der Waals surface area (Å²) in [4.78, 5) is 7.10. The summed E-state index contributed by atoms with van der Waals surface area (Å²) < 4.78 is 0. The first-order chi connectivity index (χ1) is 6.34. The molecule has 0 saturated heterocycles. The van der Waals surface area contributed by atoms with Crippen molar-refractivity contribution in [3.8, 4) is 0 Å². The van der Waals surface area contributed by atoms with Crippen LogP contribution in [0.5, 0.6) is 0 Å². The average Bonchev–Trinajstić information content (AvgIpc) is 2.57. The molecule has 2 heteroatoms. The molecular formula is C11H11N2. The van der Waals surface area contributed by atoms with Crippen molar-refractivity contribution in [3.63, 3.8) is 0 Å². The summed E-state index contributed by atoms with van der Waals surface area (Å²) in [6, 6.07) is 8.44. The van der Waals surface area contributed by atoms with Gasteiger partial charge in [-0.1, -0.05) is 29.8 Å². The van der Waals surface area contributed by atoms with Gasteiger partial charge in [0.25, 0.3) is 0 Å². The van der Waals surface area contributed by atoms with Gasteiger partial charge in [0, 0.05) is 12.6 Å². The van der Waals surface area contributed by atoms with E-state index in [0.717, 1.165) is 12.2 Å². The fourth-order valence-corrected chi connectivity index (χ4v) is 1.36. The Morgan fingerprint density at radius 3 is 3.08 bits per heavy atom. The number of hydrogen-bond acceptors (Lipinski definition) is 1. The number of nitrogens with zero attached hydrogens (tertiary/aromatic N) is 1. The number of aromatic nitrogens is 2. The van der Waals surface area contributed by atoms with Gasteiger partial charge in [0.15, 0.2) is 0 Å². The summed E-state index contributed by atoms with van der Waals surface area (Å²) in [5.41, 5.74) is 2.57. The quantitative estimate of drug-likeness (QED) is 0.736. The SMILES string of the molecule is Cc1cccc(Cc2n[c]c[nH]2)c1. The Morgan fingerprint density at radius 2 is 2.38 bits per heavy atom. The fraction of sp³-hybridized carbons (Fsp3) is 0.182. The van der Waals surface area contributed by atoms with Gasteiger partial charge in [0.1, 0.15) is 12.0 Å². The molecule has 2 rings (SSSR count). The maximum absolute atomic E-state index is 4.06. The number of rotatable bonds is 2. The number of nitrogens with one attached hydrogen (secondary N) is 1. The fourth-order valence-electron chi connectivity index (χ4n) is 1.36. The molecular weight excluding hydrogens is 160 g/mol. The molecule has 1 heterocycles. The molecule has 13 heavy (non-hydrogen) atoms. The van der Waals surface area contributed by atoms with Crippen molar-refractivity contribution >= 4 is 0 Å². The standard InChI is InChI=1S/C11H11N2/c1-9-3-2-4-10(7-9)8-11-12-5-6-13-11/h2-5,7H,8H2,1H3,(H,12,13). The molecule has 0 aliphatic rings. The molecule has 1 radical (unpaired) electrons. The van der Waals surface area contributed by atoms with Crippen molar-refractivity contribution in [2.45, 2.75) is 13.3 Å². The molecule has 2 aromatic rings. The van der Waals surface area contributed by atoms with Crippen molar-refractivity contribution in [2.75, 3.05) is 0 Å². The zero-order valence-electron chi connectivity index (χ0n) is 7.54. The molecule has 0 aliphatic heterocycles. The minimum Gasteiger partial charge on any atom is -0.348 e. The van der Waals surface area contributed by atoms with Crippen LogP contribution in [0, 0.1) is 13.1 Å². The van der Waals surface area contributed by atoms with Crippen LogP contribution in [0.15, 0.2) is 30.5 Å². The van der Waals surface area contributed by atoms with E-state index in [1.54, 1.807) is 6.20 Å². The van der Waals surface area contributed by atoms with E-state index in [1.165, 1.54) is 11.1 Å². The van der Waals surface area contributed by atoms with Gasteiger partial charge < -0.3 is 4.98 Å². The summed E-state index contributed by atoms with van der Waals surface area (Å²) >= 11 is 0. The highest BCUT2D eigenvalue weighted by Crippen LogP contribution is 2.07. The van der Waals surface area contributed by atoms with Gasteiger partial charge in [-0.25, -0.2) is 4.98 Å². The number of imidazole rings is 1. The first-order valence-electron chi connectivity index (χ1n) is 4.30. The van der Waals surface area contributed by atoms with Crippen LogP contribution in [0.3, 0.4) is 0 Å². The Balaban J connectivity index is 2.19. The van der Waals surface area contributed by atoms with Crippen LogP contribution in [-0.4, -0.2) is 9.97 Å². The maximum atomic E-state index is 4.06. The van der Waals surface area contributed by atoms with Crippen LogP contribution >= 0.6 is 0 Å². The second-order valence-corrected chi connectivity index (χ2v) is 3.14. The topological polar surface area (TPSA) is 28.7 Å². The highest BCUT2D eigenvalue weighted by molar-refractivity contribution is 5.24. The molecule has 1 aromatic heterocycles. The number of H-pyrrole nitrogens is 1. The second-order valence-electron chi connectivity index (χ2n) is 3.14. The van der Waals surface area contributed by atoms with E-state index in [2.05, 4.69) is 47.4 Å². The lowest BCUT2D eigenvalue weighted by Gasteiger charge is -1.99. The Morgan fingerprint density at radius 1 is 1.46 bits per heavy atom. The van der Waals surface area contributed by atoms with E-state index in [1.807, 2.05) is 0 Å². The van der Waals surface area contributed by atoms with Gasteiger partial charge >= 0.3 is 0 Å². The van der Waals surface area contributed by atoms with Gasteiger partial charge in [0.05, 0.1) is 0 Å². The van der Waals surface area contributed by atoms with Crippen LogP contribution in [0.2, 0.25) is 0 Å². The lowest BCUT2D eigenvalue weighted by atomic mass is 10.1. The van der Waals surface area contributed by atoms with Crippen LogP contribution in [0.4, 0.5) is 0 Å². The van der Waals surface area contributed by atoms with E-state index in [9.17, 15) is 0 Å². The average molecular weight is 171 g/mol. The number of aromatic amines is 1. The van der Waals surface area contributed by atoms with Crippen molar-refractivity contribution in [1.82, 2.24) is 9.97 Å². The van der Waals surface area contributed by atoms with Crippen LogP contribution in [0.25, 0.3) is 0 Å². The zero-order valence-corrected chi connectivity index (χ0v) is 7.54. The van der Waals surface area contributed by atoms with Crippen molar-refractivity contribution in [1.29, 1.82) is 0 Å². The van der Waals surface area contributed by atoms with Crippen LogP contribution in [0.1, 0.15) is 17.0 Å². The zero-order chi connectivity index (χ0) is 9.10. The Kier molecular flexibility index (Phi) is 2.13. The van der Waals surface area contributed by atoms with E-state index < -0.39 is 0 Å². The van der Waals surface area contributed by atoms with Gasteiger partial charge in [-0.05, 0) is 12.5 Å². The van der Waals surface area contributed by atoms with Gasteiger partial charge in [-0.15, -0.1) is 0 Å². The Hall–Kier alpha value is -1.57. The molecule has 1 aromatic carbocycles. The van der Waals surface area contributed by atoms with Crippen molar-refractivity contribution in [3.05, 3.63) is 53.6 Å². The lowest BCUT2D eigenvalue weighted by molar-refractivity contribution is 1.02. The summed E-state index contributed by atoms with van der Waals surface area (Å²) in [7, 11) is 0.